The van der Waals surface area contributed by atoms with Gasteiger partial charge in [-0.25, -0.2) is 18.4 Å². The number of ether oxygens (including phenoxy) is 1. The van der Waals surface area contributed by atoms with Crippen LogP contribution in [0.25, 0.3) is 0 Å². The number of nitrogens with zero attached hydrogens (tertiary/aromatic N) is 1. The summed E-state index contributed by atoms with van der Waals surface area (Å²) < 4.78 is 32.2. The smallest absolute Gasteiger partial charge is 0.407 e. The van der Waals surface area contributed by atoms with Crippen LogP contribution >= 0.6 is 0 Å². The number of amides is 1. The number of carbonyl (C=O) groups is 2. The van der Waals surface area contributed by atoms with E-state index < -0.39 is 29.4 Å². The number of rotatable bonds is 2. The van der Waals surface area contributed by atoms with Gasteiger partial charge in [0.2, 0.25) is 5.92 Å². The molecule has 1 aliphatic heterocycles. The van der Waals surface area contributed by atoms with Gasteiger partial charge in [0.25, 0.3) is 0 Å². The van der Waals surface area contributed by atoms with Crippen LogP contribution in [0, 0.1) is 5.41 Å². The lowest BCUT2D eigenvalue weighted by Crippen LogP contribution is -2.44. The van der Waals surface area contributed by atoms with Gasteiger partial charge in [0.15, 0.2) is 0 Å². The molecule has 1 amide bonds. The van der Waals surface area contributed by atoms with Gasteiger partial charge in [0.05, 0.1) is 18.7 Å². The van der Waals surface area contributed by atoms with E-state index in [0.717, 1.165) is 0 Å². The molecular weight excluding hydrogens is 332 g/mol. The predicted octanol–water partition coefficient (Wildman–Crippen LogP) is 4.09. The van der Waals surface area contributed by atoms with Crippen LogP contribution in [0.1, 0.15) is 54.1 Å². The molecule has 1 spiro atoms. The molecule has 1 saturated carbocycles. The molecule has 2 aliphatic rings. The van der Waals surface area contributed by atoms with E-state index in [1.165, 1.54) is 12.0 Å². The number of carbonyl (C=O) groups excluding carboxylic acids is 1. The maximum Gasteiger partial charge on any atom is 0.407 e. The Bertz CT molecular complexity index is 676. The number of alkyl halides is 2. The molecule has 0 unspecified atom stereocenters. The summed E-state index contributed by atoms with van der Waals surface area (Å²) in [5, 5.41) is 9.49. The highest BCUT2D eigenvalue weighted by Gasteiger charge is 2.52. The zero-order valence-electron chi connectivity index (χ0n) is 14.0. The van der Waals surface area contributed by atoms with Gasteiger partial charge in [-0.2, -0.15) is 0 Å². The van der Waals surface area contributed by atoms with Gasteiger partial charge in [-0.05, 0) is 42.4 Å². The average molecular weight is 353 g/mol. The van der Waals surface area contributed by atoms with E-state index in [4.69, 9.17) is 0 Å². The standard InChI is InChI=1S/C18H21F2NO4/c1-25-15(22)13-4-2-12(3-5-13)14-10-17(6-7-18(19,20)11-17)8-9-21(14)16(23)24/h2-5,14H,6-11H2,1H3,(H,23,24)/t14-,17+/m1/s1. The zero-order chi connectivity index (χ0) is 18.2. The lowest BCUT2D eigenvalue weighted by atomic mass is 9.72. The number of benzene rings is 1. The Morgan fingerprint density at radius 2 is 1.88 bits per heavy atom. The van der Waals surface area contributed by atoms with Crippen LogP contribution in [0.15, 0.2) is 24.3 Å². The second kappa shape index (κ2) is 6.28. The van der Waals surface area contributed by atoms with Crippen molar-refractivity contribution in [2.45, 2.75) is 44.1 Å². The summed E-state index contributed by atoms with van der Waals surface area (Å²) in [5.41, 5.74) is 0.566. The summed E-state index contributed by atoms with van der Waals surface area (Å²) in [6, 6.07) is 6.03. The quantitative estimate of drug-likeness (QED) is 0.813. The number of hydrogen-bond donors (Lipinski definition) is 1. The maximum absolute atomic E-state index is 13.8. The molecule has 2 atom stereocenters. The molecule has 3 rings (SSSR count). The van der Waals surface area contributed by atoms with Crippen LogP contribution < -0.4 is 0 Å². The van der Waals surface area contributed by atoms with Crippen LogP contribution in [0.4, 0.5) is 13.6 Å². The van der Waals surface area contributed by atoms with Crippen molar-refractivity contribution in [3.05, 3.63) is 35.4 Å². The Kier molecular flexibility index (Phi) is 4.43. The first-order chi connectivity index (χ1) is 11.8. The normalized spacial score (nSPS) is 28.1. The van der Waals surface area contributed by atoms with Gasteiger partial charge in [-0.15, -0.1) is 0 Å². The SMILES string of the molecule is COC(=O)c1ccc([C@H]2C[C@@]3(CCN2C(=O)O)CCC(F)(F)C3)cc1. The van der Waals surface area contributed by atoms with Gasteiger partial charge in [0, 0.05) is 19.4 Å². The highest BCUT2D eigenvalue weighted by molar-refractivity contribution is 5.89. The highest BCUT2D eigenvalue weighted by Crippen LogP contribution is 2.56. The molecule has 136 valence electrons. The van der Waals surface area contributed by atoms with Crippen LogP contribution in [0.2, 0.25) is 0 Å². The summed E-state index contributed by atoms with van der Waals surface area (Å²) in [4.78, 5) is 24.4. The Hall–Kier alpha value is -2.18. The van der Waals surface area contributed by atoms with Crippen molar-refractivity contribution in [2.24, 2.45) is 5.41 Å². The maximum atomic E-state index is 13.8. The summed E-state index contributed by atoms with van der Waals surface area (Å²) >= 11 is 0. The molecule has 1 heterocycles. The molecule has 0 aromatic heterocycles. The Balaban J connectivity index is 1.87. The lowest BCUT2D eigenvalue weighted by molar-refractivity contribution is -0.0196. The number of halogens is 2. The molecule has 0 bridgehead atoms. The summed E-state index contributed by atoms with van der Waals surface area (Å²) in [5.74, 6) is -3.14. The van der Waals surface area contributed by atoms with Crippen molar-refractivity contribution in [1.82, 2.24) is 4.90 Å². The molecule has 1 aromatic carbocycles. The largest absolute Gasteiger partial charge is 0.465 e. The van der Waals surface area contributed by atoms with Gasteiger partial charge >= 0.3 is 12.1 Å². The van der Waals surface area contributed by atoms with E-state index in [1.807, 2.05) is 0 Å². The fourth-order valence-electron chi connectivity index (χ4n) is 4.18. The van der Waals surface area contributed by atoms with Crippen LogP contribution in [0.3, 0.4) is 0 Å². The number of carboxylic acid groups (broad SMARTS) is 1. The zero-order valence-corrected chi connectivity index (χ0v) is 14.0. The minimum Gasteiger partial charge on any atom is -0.465 e. The van der Waals surface area contributed by atoms with Crippen molar-refractivity contribution >= 4 is 12.1 Å². The molecule has 1 aliphatic carbocycles. The minimum absolute atomic E-state index is 0.131. The fraction of sp³-hybridized carbons (Fsp3) is 0.556. The van der Waals surface area contributed by atoms with Crippen molar-refractivity contribution in [2.75, 3.05) is 13.7 Å². The molecule has 1 saturated heterocycles. The number of hydrogen-bond acceptors (Lipinski definition) is 3. The van der Waals surface area contributed by atoms with E-state index in [2.05, 4.69) is 4.74 Å². The number of likely N-dealkylation sites (tertiary alicyclic amines) is 1. The van der Waals surface area contributed by atoms with E-state index in [1.54, 1.807) is 24.3 Å². The van der Waals surface area contributed by atoms with Crippen molar-refractivity contribution < 1.29 is 28.2 Å². The monoisotopic (exact) mass is 353 g/mol. The predicted molar refractivity (Wildman–Crippen MR) is 85.7 cm³/mol. The Morgan fingerprint density at radius 1 is 1.20 bits per heavy atom. The third kappa shape index (κ3) is 3.45. The van der Waals surface area contributed by atoms with Crippen molar-refractivity contribution in [1.29, 1.82) is 0 Å². The highest BCUT2D eigenvalue weighted by atomic mass is 19.3. The minimum atomic E-state index is -2.66. The van der Waals surface area contributed by atoms with Crippen LogP contribution in [-0.2, 0) is 4.74 Å². The van der Waals surface area contributed by atoms with E-state index >= 15 is 0 Å². The summed E-state index contributed by atoms with van der Waals surface area (Å²) in [6.45, 7) is 0.245. The molecule has 2 fully saturated rings. The topological polar surface area (TPSA) is 66.8 Å². The van der Waals surface area contributed by atoms with Gasteiger partial charge < -0.3 is 14.7 Å². The molecular formula is C18H21F2NO4. The van der Waals surface area contributed by atoms with Crippen molar-refractivity contribution in [3.8, 4) is 0 Å². The van der Waals surface area contributed by atoms with Crippen LogP contribution in [0.5, 0.6) is 0 Å². The molecule has 5 nitrogen and oxygen atoms in total. The third-order valence-electron chi connectivity index (χ3n) is 5.50. The van der Waals surface area contributed by atoms with Crippen molar-refractivity contribution in [3.63, 3.8) is 0 Å². The average Bonchev–Trinajstić information content (AvgIpc) is 2.88. The van der Waals surface area contributed by atoms with E-state index in [0.29, 0.717) is 30.4 Å². The third-order valence-corrected chi connectivity index (χ3v) is 5.50. The summed E-state index contributed by atoms with van der Waals surface area (Å²) in [6.07, 6.45) is -0.0951. The number of methoxy groups -OCH3 is 1. The van der Waals surface area contributed by atoms with Gasteiger partial charge in [0.1, 0.15) is 0 Å². The van der Waals surface area contributed by atoms with Gasteiger partial charge in [-0.3, -0.25) is 0 Å². The first-order valence-electron chi connectivity index (χ1n) is 8.31. The molecule has 0 radical (unpaired) electrons. The number of piperidine rings is 1. The second-order valence-corrected chi connectivity index (χ2v) is 7.09. The first kappa shape index (κ1) is 17.6. The van der Waals surface area contributed by atoms with E-state index in [-0.39, 0.29) is 19.4 Å². The summed E-state index contributed by atoms with van der Waals surface area (Å²) in [7, 11) is 1.29. The number of esters is 1. The first-order valence-corrected chi connectivity index (χ1v) is 8.31. The lowest BCUT2D eigenvalue weighted by Gasteiger charge is -2.44. The molecule has 25 heavy (non-hydrogen) atoms. The molecule has 1 aromatic rings. The van der Waals surface area contributed by atoms with Gasteiger partial charge in [-0.1, -0.05) is 12.1 Å². The fourth-order valence-corrected chi connectivity index (χ4v) is 4.18. The Labute approximate surface area is 144 Å². The van der Waals surface area contributed by atoms with Crippen LogP contribution in [-0.4, -0.2) is 41.6 Å². The van der Waals surface area contributed by atoms with E-state index in [9.17, 15) is 23.5 Å². The molecule has 1 N–H and O–H groups in total. The molecule has 7 heteroatoms. The Morgan fingerprint density at radius 3 is 2.40 bits per heavy atom. The second-order valence-electron chi connectivity index (χ2n) is 7.09.